The van der Waals surface area contributed by atoms with Gasteiger partial charge in [0.05, 0.1) is 17.6 Å². The highest BCUT2D eigenvalue weighted by atomic mass is 35.5. The largest absolute Gasteiger partial charge is 0.495 e. The molecule has 0 aliphatic rings. The highest BCUT2D eigenvalue weighted by Crippen LogP contribution is 2.36. The van der Waals surface area contributed by atoms with Gasteiger partial charge in [-0.2, -0.15) is 0 Å². The van der Waals surface area contributed by atoms with Crippen molar-refractivity contribution in [2.45, 2.75) is 17.7 Å². The van der Waals surface area contributed by atoms with Crippen LogP contribution in [-0.4, -0.2) is 27.7 Å². The number of aldehydes is 1. The van der Waals surface area contributed by atoms with Crippen molar-refractivity contribution in [1.82, 2.24) is 4.72 Å². The normalized spacial score (nSPS) is 11.0. The van der Waals surface area contributed by atoms with Gasteiger partial charge in [0.25, 0.3) is 10.0 Å². The Kier molecular flexibility index (Phi) is 7.09. The van der Waals surface area contributed by atoms with Crippen molar-refractivity contribution in [3.63, 3.8) is 0 Å². The van der Waals surface area contributed by atoms with Gasteiger partial charge in [-0.25, -0.2) is 13.1 Å². The number of ether oxygens (including phenoxy) is 1. The third kappa shape index (κ3) is 5.51. The van der Waals surface area contributed by atoms with E-state index in [1.165, 1.54) is 19.2 Å². The maximum Gasteiger partial charge on any atom is 0.264 e. The SMILES string of the molecule is COc1c(C=O)cc(S(=O)(=O)NC(=O)CCc2ccccc2)cc1-c1cccc(Cl)c1. The molecule has 0 aliphatic carbocycles. The Labute approximate surface area is 185 Å². The van der Waals surface area contributed by atoms with Crippen LogP contribution in [0.3, 0.4) is 0 Å². The minimum absolute atomic E-state index is 0.00108. The van der Waals surface area contributed by atoms with Crippen molar-refractivity contribution >= 4 is 33.8 Å². The van der Waals surface area contributed by atoms with Crippen LogP contribution in [0.4, 0.5) is 0 Å². The highest BCUT2D eigenvalue weighted by molar-refractivity contribution is 7.90. The molecule has 0 fully saturated rings. The first-order valence-electron chi connectivity index (χ1n) is 9.37. The van der Waals surface area contributed by atoms with Crippen LogP contribution in [0.15, 0.2) is 71.6 Å². The summed E-state index contributed by atoms with van der Waals surface area (Å²) >= 11 is 6.06. The maximum atomic E-state index is 12.9. The molecule has 0 saturated heterocycles. The Balaban J connectivity index is 1.92. The Morgan fingerprint density at radius 3 is 2.45 bits per heavy atom. The van der Waals surface area contributed by atoms with E-state index in [2.05, 4.69) is 4.72 Å². The van der Waals surface area contributed by atoms with E-state index in [-0.39, 0.29) is 22.6 Å². The van der Waals surface area contributed by atoms with Crippen molar-refractivity contribution in [2.75, 3.05) is 7.11 Å². The number of nitrogens with one attached hydrogen (secondary N) is 1. The second kappa shape index (κ2) is 9.76. The Hall–Kier alpha value is -3.16. The zero-order chi connectivity index (χ0) is 22.4. The molecule has 3 aromatic carbocycles. The zero-order valence-corrected chi connectivity index (χ0v) is 18.2. The fourth-order valence-corrected chi connectivity index (χ4v) is 4.39. The molecule has 6 nitrogen and oxygen atoms in total. The first kappa shape index (κ1) is 22.5. The zero-order valence-electron chi connectivity index (χ0n) is 16.7. The van der Waals surface area contributed by atoms with E-state index in [0.717, 1.165) is 5.56 Å². The van der Waals surface area contributed by atoms with Gasteiger partial charge < -0.3 is 4.74 Å². The molecule has 0 heterocycles. The number of halogens is 1. The van der Waals surface area contributed by atoms with Crippen molar-refractivity contribution in [3.8, 4) is 16.9 Å². The van der Waals surface area contributed by atoms with Crippen LogP contribution >= 0.6 is 11.6 Å². The van der Waals surface area contributed by atoms with E-state index in [0.29, 0.717) is 28.9 Å². The molecule has 0 aliphatic heterocycles. The van der Waals surface area contributed by atoms with Gasteiger partial charge in [-0.05, 0) is 41.8 Å². The van der Waals surface area contributed by atoms with Gasteiger partial charge in [-0.15, -0.1) is 0 Å². The van der Waals surface area contributed by atoms with Gasteiger partial charge in [0.1, 0.15) is 5.75 Å². The number of amides is 1. The number of carbonyl (C=O) groups excluding carboxylic acids is 2. The minimum Gasteiger partial charge on any atom is -0.495 e. The number of aryl methyl sites for hydroxylation is 1. The van der Waals surface area contributed by atoms with E-state index < -0.39 is 15.9 Å². The van der Waals surface area contributed by atoms with Crippen LogP contribution in [0.2, 0.25) is 5.02 Å². The number of methoxy groups -OCH3 is 1. The molecule has 160 valence electrons. The number of rotatable bonds is 8. The fourth-order valence-electron chi connectivity index (χ4n) is 3.13. The summed E-state index contributed by atoms with van der Waals surface area (Å²) in [6.07, 6.45) is 0.905. The molecule has 31 heavy (non-hydrogen) atoms. The van der Waals surface area contributed by atoms with Crippen molar-refractivity contribution in [3.05, 3.63) is 82.9 Å². The lowest BCUT2D eigenvalue weighted by Gasteiger charge is -2.15. The monoisotopic (exact) mass is 457 g/mol. The fraction of sp³-hybridized carbons (Fsp3) is 0.130. The molecule has 1 N–H and O–H groups in total. The lowest BCUT2D eigenvalue weighted by molar-refractivity contribution is -0.119. The van der Waals surface area contributed by atoms with Gasteiger partial charge in [0, 0.05) is 17.0 Å². The molecule has 0 saturated carbocycles. The summed E-state index contributed by atoms with van der Waals surface area (Å²) < 4.78 is 33.1. The van der Waals surface area contributed by atoms with Gasteiger partial charge >= 0.3 is 0 Å². The second-order valence-electron chi connectivity index (χ2n) is 6.74. The van der Waals surface area contributed by atoms with E-state index in [1.807, 2.05) is 30.3 Å². The van der Waals surface area contributed by atoms with Crippen LogP contribution in [-0.2, 0) is 21.2 Å². The average Bonchev–Trinajstić information content (AvgIpc) is 2.77. The quantitative estimate of drug-likeness (QED) is 0.510. The van der Waals surface area contributed by atoms with Crippen molar-refractivity contribution in [1.29, 1.82) is 0 Å². The highest BCUT2D eigenvalue weighted by Gasteiger charge is 2.22. The average molecular weight is 458 g/mol. The molecule has 0 unspecified atom stereocenters. The predicted molar refractivity (Wildman–Crippen MR) is 119 cm³/mol. The summed E-state index contributed by atoms with van der Waals surface area (Å²) in [5.74, 6) is -0.428. The molecule has 0 radical (unpaired) electrons. The maximum absolute atomic E-state index is 12.9. The number of hydrogen-bond acceptors (Lipinski definition) is 5. The van der Waals surface area contributed by atoms with Crippen LogP contribution in [0, 0.1) is 0 Å². The molecule has 0 bridgehead atoms. The van der Waals surface area contributed by atoms with Crippen LogP contribution in [0.25, 0.3) is 11.1 Å². The third-order valence-electron chi connectivity index (χ3n) is 4.60. The molecule has 3 aromatic rings. The summed E-state index contributed by atoms with van der Waals surface area (Å²) in [7, 11) is -2.82. The number of benzene rings is 3. The Morgan fingerprint density at radius 1 is 1.06 bits per heavy atom. The number of carbonyl (C=O) groups is 2. The van der Waals surface area contributed by atoms with Crippen LogP contribution in [0.5, 0.6) is 5.75 Å². The van der Waals surface area contributed by atoms with Gasteiger partial charge in [0.15, 0.2) is 6.29 Å². The number of hydrogen-bond donors (Lipinski definition) is 1. The minimum atomic E-state index is -4.21. The molecule has 0 atom stereocenters. The predicted octanol–water partition coefficient (Wildman–Crippen LogP) is 4.27. The van der Waals surface area contributed by atoms with Crippen molar-refractivity contribution < 1.29 is 22.7 Å². The summed E-state index contributed by atoms with van der Waals surface area (Å²) in [5.41, 5.74) is 1.90. The van der Waals surface area contributed by atoms with Gasteiger partial charge in [-0.3, -0.25) is 9.59 Å². The van der Waals surface area contributed by atoms with Crippen LogP contribution < -0.4 is 9.46 Å². The van der Waals surface area contributed by atoms with E-state index >= 15 is 0 Å². The molecular weight excluding hydrogens is 438 g/mol. The van der Waals surface area contributed by atoms with Crippen molar-refractivity contribution in [2.24, 2.45) is 0 Å². The summed E-state index contributed by atoms with van der Waals surface area (Å²) in [6.45, 7) is 0. The van der Waals surface area contributed by atoms with Gasteiger partial charge in [0.2, 0.25) is 5.91 Å². The smallest absolute Gasteiger partial charge is 0.264 e. The molecule has 1 amide bonds. The van der Waals surface area contributed by atoms with E-state index in [1.54, 1.807) is 24.3 Å². The molecular formula is C23H20ClNO5S. The molecule has 8 heteroatoms. The first-order valence-corrected chi connectivity index (χ1v) is 11.2. The summed E-state index contributed by atoms with van der Waals surface area (Å²) in [5, 5.41) is 0.440. The Bertz CT molecular complexity index is 1210. The first-order chi connectivity index (χ1) is 14.8. The molecule has 0 aromatic heterocycles. The summed E-state index contributed by atoms with van der Waals surface area (Å²) in [4.78, 5) is 23.7. The third-order valence-corrected chi connectivity index (χ3v) is 6.19. The van der Waals surface area contributed by atoms with Gasteiger partial charge in [-0.1, -0.05) is 54.1 Å². The molecule has 0 spiro atoms. The standard InChI is InChI=1S/C23H20ClNO5S/c1-30-23-18(15-26)13-20(14-21(23)17-8-5-9-19(24)12-17)31(28,29)25-22(27)11-10-16-6-3-2-4-7-16/h2-9,12-15H,10-11H2,1H3,(H,25,27). The van der Waals surface area contributed by atoms with E-state index in [9.17, 15) is 18.0 Å². The second-order valence-corrected chi connectivity index (χ2v) is 8.85. The Morgan fingerprint density at radius 2 is 1.81 bits per heavy atom. The number of sulfonamides is 1. The topological polar surface area (TPSA) is 89.5 Å². The molecule has 3 rings (SSSR count). The van der Waals surface area contributed by atoms with Crippen LogP contribution in [0.1, 0.15) is 22.3 Å². The lowest BCUT2D eigenvalue weighted by atomic mass is 10.0. The van der Waals surface area contributed by atoms with E-state index in [4.69, 9.17) is 16.3 Å². The summed E-state index contributed by atoms with van der Waals surface area (Å²) in [6, 6.07) is 18.5. The lowest BCUT2D eigenvalue weighted by Crippen LogP contribution is -2.30.